The van der Waals surface area contributed by atoms with E-state index >= 15 is 0 Å². The van der Waals surface area contributed by atoms with E-state index in [1.165, 1.54) is 11.1 Å². The van der Waals surface area contributed by atoms with E-state index in [9.17, 15) is 14.3 Å². The summed E-state index contributed by atoms with van der Waals surface area (Å²) in [4.78, 5) is 14.7. The number of alkyl halides is 1. The zero-order valence-corrected chi connectivity index (χ0v) is 16.3. The summed E-state index contributed by atoms with van der Waals surface area (Å²) in [6, 6.07) is 6.37. The number of carbonyl (C=O) groups is 1. The van der Waals surface area contributed by atoms with Gasteiger partial charge in [0.05, 0.1) is 25.3 Å². The fourth-order valence-electron chi connectivity index (χ4n) is 4.30. The van der Waals surface area contributed by atoms with Crippen LogP contribution in [0.4, 0.5) is 4.39 Å². The summed E-state index contributed by atoms with van der Waals surface area (Å²) in [6.07, 6.45) is 2.35. The van der Waals surface area contributed by atoms with Crippen molar-refractivity contribution < 1.29 is 19.0 Å². The Balaban J connectivity index is 1.66. The van der Waals surface area contributed by atoms with Crippen molar-refractivity contribution in [3.05, 3.63) is 34.9 Å². The van der Waals surface area contributed by atoms with Crippen LogP contribution < -0.4 is 5.32 Å². The minimum Gasteiger partial charge on any atom is -0.390 e. The maximum absolute atomic E-state index is 14.6. The average Bonchev–Trinajstić information content (AvgIpc) is 3.00. The van der Waals surface area contributed by atoms with Gasteiger partial charge < -0.3 is 20.1 Å². The van der Waals surface area contributed by atoms with E-state index in [4.69, 9.17) is 4.74 Å². The van der Waals surface area contributed by atoms with Gasteiger partial charge in [-0.2, -0.15) is 0 Å². The van der Waals surface area contributed by atoms with Crippen LogP contribution >= 0.6 is 0 Å². The third-order valence-corrected chi connectivity index (χ3v) is 5.98. The molecule has 0 aromatic heterocycles. The van der Waals surface area contributed by atoms with Gasteiger partial charge in [0.2, 0.25) is 5.91 Å². The predicted molar refractivity (Wildman–Crippen MR) is 102 cm³/mol. The minimum absolute atomic E-state index is 0.0132. The Labute approximate surface area is 160 Å². The third kappa shape index (κ3) is 4.33. The molecule has 1 aromatic carbocycles. The topological polar surface area (TPSA) is 61.8 Å². The fourth-order valence-corrected chi connectivity index (χ4v) is 4.30. The van der Waals surface area contributed by atoms with Gasteiger partial charge in [-0.1, -0.05) is 25.1 Å². The maximum Gasteiger partial charge on any atom is 0.237 e. The van der Waals surface area contributed by atoms with Crippen molar-refractivity contribution in [3.63, 3.8) is 0 Å². The first-order valence-corrected chi connectivity index (χ1v) is 9.96. The maximum atomic E-state index is 14.6. The molecule has 1 fully saturated rings. The number of ether oxygens (including phenoxy) is 1. The Morgan fingerprint density at radius 3 is 2.96 bits per heavy atom. The van der Waals surface area contributed by atoms with Crippen molar-refractivity contribution in [2.24, 2.45) is 0 Å². The first-order chi connectivity index (χ1) is 13.0. The van der Waals surface area contributed by atoms with Crippen LogP contribution in [0.1, 0.15) is 48.9 Å². The van der Waals surface area contributed by atoms with Crippen LogP contribution in [0, 0.1) is 0 Å². The normalized spacial score (nSPS) is 27.6. The number of fused-ring (bicyclic) bond motifs is 1. The molecule has 0 radical (unpaired) electrons. The number of nitrogens with zero attached hydrogens (tertiary/aromatic N) is 1. The Kier molecular flexibility index (Phi) is 6.50. The number of hydrogen-bond donors (Lipinski definition) is 2. The van der Waals surface area contributed by atoms with Gasteiger partial charge in [-0.05, 0) is 48.8 Å². The highest BCUT2D eigenvalue weighted by Gasteiger charge is 2.42. The monoisotopic (exact) mass is 378 g/mol. The Morgan fingerprint density at radius 2 is 2.30 bits per heavy atom. The van der Waals surface area contributed by atoms with Gasteiger partial charge in [0.15, 0.2) is 0 Å². The molecule has 6 heteroatoms. The predicted octanol–water partition coefficient (Wildman–Crippen LogP) is 2.16. The molecule has 2 N–H and O–H groups in total. The number of hydrogen-bond acceptors (Lipinski definition) is 4. The molecule has 3 unspecified atom stereocenters. The molecule has 0 saturated heterocycles. The lowest BCUT2D eigenvalue weighted by Crippen LogP contribution is -2.49. The van der Waals surface area contributed by atoms with Gasteiger partial charge >= 0.3 is 0 Å². The molecule has 3 atom stereocenters. The highest BCUT2D eigenvalue weighted by atomic mass is 19.1. The molecule has 27 heavy (non-hydrogen) atoms. The summed E-state index contributed by atoms with van der Waals surface area (Å²) >= 11 is 0. The highest BCUT2D eigenvalue weighted by molar-refractivity contribution is 5.79. The van der Waals surface area contributed by atoms with Crippen LogP contribution in [0.3, 0.4) is 0 Å². The van der Waals surface area contributed by atoms with Crippen LogP contribution in [-0.2, 0) is 22.4 Å². The summed E-state index contributed by atoms with van der Waals surface area (Å²) in [5.41, 5.74) is 2.06. The summed E-state index contributed by atoms with van der Waals surface area (Å²) < 4.78 is 20.0. The second-order valence-corrected chi connectivity index (χ2v) is 7.74. The molecular formula is C21H31FN2O3. The van der Waals surface area contributed by atoms with E-state index in [1.807, 2.05) is 4.90 Å². The molecule has 0 bridgehead atoms. The first-order valence-electron chi connectivity index (χ1n) is 9.96. The summed E-state index contributed by atoms with van der Waals surface area (Å²) in [5, 5.41) is 12.7. The van der Waals surface area contributed by atoms with Crippen LogP contribution in [0.15, 0.2) is 18.2 Å². The van der Waals surface area contributed by atoms with Gasteiger partial charge in [0, 0.05) is 20.2 Å². The number of rotatable bonds is 7. The summed E-state index contributed by atoms with van der Waals surface area (Å²) in [6.45, 7) is 3.28. The number of methoxy groups -OCH3 is 1. The zero-order valence-electron chi connectivity index (χ0n) is 16.3. The van der Waals surface area contributed by atoms with E-state index in [-0.39, 0.29) is 25.0 Å². The fraction of sp³-hybridized carbons (Fsp3) is 0.667. The van der Waals surface area contributed by atoms with Crippen molar-refractivity contribution in [1.82, 2.24) is 10.2 Å². The second kappa shape index (κ2) is 8.67. The smallest absolute Gasteiger partial charge is 0.237 e. The van der Waals surface area contributed by atoms with Gasteiger partial charge in [-0.15, -0.1) is 0 Å². The average molecular weight is 378 g/mol. The number of aryl methyl sites for hydroxylation is 1. The zero-order chi connectivity index (χ0) is 19.4. The molecule has 0 spiro atoms. The van der Waals surface area contributed by atoms with E-state index in [2.05, 4.69) is 30.4 Å². The number of aliphatic hydroxyl groups is 1. The highest BCUT2D eigenvalue weighted by Crippen LogP contribution is 2.33. The van der Waals surface area contributed by atoms with Crippen molar-refractivity contribution in [2.45, 2.75) is 56.8 Å². The third-order valence-electron chi connectivity index (χ3n) is 5.98. The number of carbonyl (C=O) groups excluding carboxylic acids is 1. The quantitative estimate of drug-likeness (QED) is 0.763. The molecular weight excluding hydrogens is 347 g/mol. The Bertz CT molecular complexity index is 669. The van der Waals surface area contributed by atoms with Crippen molar-refractivity contribution in [3.8, 4) is 0 Å². The standard InChI is InChI=1S/C21H31FN2O3/c1-3-15-6-7-16-8-10-24(18(13-27-2)17(16)11-15)20(26)12-23-14-21(22)9-4-5-19(21)25/h6-7,11,18-19,23,25H,3-5,8-10,12-14H2,1-2H3. The van der Waals surface area contributed by atoms with Crippen LogP contribution in [0.25, 0.3) is 0 Å². The molecule has 3 rings (SSSR count). The number of benzene rings is 1. The summed E-state index contributed by atoms with van der Waals surface area (Å²) in [5.74, 6) is -0.0549. The first kappa shape index (κ1) is 20.2. The molecule has 1 aliphatic heterocycles. The van der Waals surface area contributed by atoms with Crippen molar-refractivity contribution >= 4 is 5.91 Å². The van der Waals surface area contributed by atoms with Gasteiger partial charge in [0.1, 0.15) is 5.67 Å². The van der Waals surface area contributed by atoms with E-state index in [1.54, 1.807) is 7.11 Å². The number of nitrogens with one attached hydrogen (secondary N) is 1. The second-order valence-electron chi connectivity index (χ2n) is 7.74. The molecule has 1 heterocycles. The molecule has 1 aromatic rings. The van der Waals surface area contributed by atoms with Gasteiger partial charge in [-0.25, -0.2) is 4.39 Å². The molecule has 5 nitrogen and oxygen atoms in total. The van der Waals surface area contributed by atoms with Crippen LogP contribution in [-0.4, -0.2) is 61.0 Å². The lowest BCUT2D eigenvalue weighted by molar-refractivity contribution is -0.134. The van der Waals surface area contributed by atoms with Gasteiger partial charge in [-0.3, -0.25) is 4.79 Å². The molecule has 1 amide bonds. The van der Waals surface area contributed by atoms with Crippen molar-refractivity contribution in [2.75, 3.05) is 33.4 Å². The number of aliphatic hydroxyl groups excluding tert-OH is 1. The minimum atomic E-state index is -1.61. The largest absolute Gasteiger partial charge is 0.390 e. The van der Waals surface area contributed by atoms with E-state index < -0.39 is 11.8 Å². The van der Waals surface area contributed by atoms with E-state index in [0.717, 1.165) is 18.4 Å². The molecule has 2 aliphatic rings. The van der Waals surface area contributed by atoms with Crippen molar-refractivity contribution in [1.29, 1.82) is 0 Å². The lowest BCUT2D eigenvalue weighted by Gasteiger charge is -2.37. The van der Waals surface area contributed by atoms with E-state index in [0.29, 0.717) is 32.4 Å². The number of amides is 1. The van der Waals surface area contributed by atoms with Gasteiger partial charge in [0.25, 0.3) is 0 Å². The molecule has 1 saturated carbocycles. The summed E-state index contributed by atoms with van der Waals surface area (Å²) in [7, 11) is 1.65. The Morgan fingerprint density at radius 1 is 1.48 bits per heavy atom. The van der Waals surface area contributed by atoms with Crippen LogP contribution in [0.2, 0.25) is 0 Å². The number of halogens is 1. The van der Waals surface area contributed by atoms with Crippen LogP contribution in [0.5, 0.6) is 0 Å². The SMILES string of the molecule is CCc1ccc2c(c1)C(COC)N(C(=O)CNCC1(F)CCCC1O)CC2. The lowest BCUT2D eigenvalue weighted by atomic mass is 9.90. The Hall–Kier alpha value is -1.50. The molecule has 150 valence electrons. The molecule has 1 aliphatic carbocycles.